The van der Waals surface area contributed by atoms with Gasteiger partial charge in [0.05, 0.1) is 11.9 Å². The first-order chi connectivity index (χ1) is 8.27. The van der Waals surface area contributed by atoms with Crippen molar-refractivity contribution in [2.45, 2.75) is 6.92 Å². The maximum absolute atomic E-state index is 9.54. The molecule has 86 valence electrons. The van der Waals surface area contributed by atoms with Gasteiger partial charge in [-0.05, 0) is 30.7 Å². The standard InChI is InChI=1S/C14H14N2O/c1-11-6-2-4-8-13(11)16-15-10-12-7-3-5-9-14(12)17/h2-10,16-17H,1H3/b15-10+. The average Bonchev–Trinajstić information content (AvgIpc) is 2.34. The SMILES string of the molecule is Cc1ccccc1N/N=C/c1ccccc1O. The van der Waals surface area contributed by atoms with Crippen molar-refractivity contribution in [3.63, 3.8) is 0 Å². The van der Waals surface area contributed by atoms with Gasteiger partial charge in [-0.1, -0.05) is 30.3 Å². The van der Waals surface area contributed by atoms with E-state index in [0.29, 0.717) is 5.56 Å². The lowest BCUT2D eigenvalue weighted by molar-refractivity contribution is 0.474. The highest BCUT2D eigenvalue weighted by atomic mass is 16.3. The van der Waals surface area contributed by atoms with Gasteiger partial charge in [0, 0.05) is 5.56 Å². The van der Waals surface area contributed by atoms with Gasteiger partial charge in [-0.15, -0.1) is 0 Å². The van der Waals surface area contributed by atoms with Crippen LogP contribution < -0.4 is 5.43 Å². The van der Waals surface area contributed by atoms with Gasteiger partial charge in [-0.3, -0.25) is 5.43 Å². The Hall–Kier alpha value is -2.29. The molecule has 2 N–H and O–H groups in total. The molecule has 0 heterocycles. The van der Waals surface area contributed by atoms with Crippen LogP contribution in [-0.4, -0.2) is 11.3 Å². The highest BCUT2D eigenvalue weighted by Gasteiger charge is 1.95. The van der Waals surface area contributed by atoms with E-state index in [1.807, 2.05) is 37.3 Å². The summed E-state index contributed by atoms with van der Waals surface area (Å²) < 4.78 is 0. The second-order valence-electron chi connectivity index (χ2n) is 3.74. The monoisotopic (exact) mass is 226 g/mol. The van der Waals surface area contributed by atoms with E-state index in [-0.39, 0.29) is 5.75 Å². The number of nitrogens with one attached hydrogen (secondary N) is 1. The van der Waals surface area contributed by atoms with Crippen molar-refractivity contribution in [1.29, 1.82) is 0 Å². The summed E-state index contributed by atoms with van der Waals surface area (Å²) in [4.78, 5) is 0. The van der Waals surface area contributed by atoms with Gasteiger partial charge in [0.15, 0.2) is 0 Å². The number of anilines is 1. The molecule has 0 aliphatic heterocycles. The largest absolute Gasteiger partial charge is 0.507 e. The molecule has 3 nitrogen and oxygen atoms in total. The number of para-hydroxylation sites is 2. The predicted octanol–water partition coefficient (Wildman–Crippen LogP) is 3.15. The molecule has 2 aromatic rings. The number of nitrogens with zero attached hydrogens (tertiary/aromatic N) is 1. The lowest BCUT2D eigenvalue weighted by Crippen LogP contribution is -1.92. The predicted molar refractivity (Wildman–Crippen MR) is 70.5 cm³/mol. The van der Waals surface area contributed by atoms with Crippen molar-refractivity contribution in [3.05, 3.63) is 59.7 Å². The van der Waals surface area contributed by atoms with Gasteiger partial charge in [-0.25, -0.2) is 0 Å². The zero-order valence-electron chi connectivity index (χ0n) is 9.59. The summed E-state index contributed by atoms with van der Waals surface area (Å²) in [6.07, 6.45) is 1.60. The van der Waals surface area contributed by atoms with Gasteiger partial charge in [-0.2, -0.15) is 5.10 Å². The number of phenolic OH excluding ortho intramolecular Hbond substituents is 1. The third-order valence-electron chi connectivity index (χ3n) is 2.47. The van der Waals surface area contributed by atoms with Crippen LogP contribution in [0.5, 0.6) is 5.75 Å². The van der Waals surface area contributed by atoms with Gasteiger partial charge in [0.25, 0.3) is 0 Å². The summed E-state index contributed by atoms with van der Waals surface area (Å²) in [6.45, 7) is 2.01. The van der Waals surface area contributed by atoms with Crippen molar-refractivity contribution in [1.82, 2.24) is 0 Å². The first kappa shape index (κ1) is 11.2. The Bertz CT molecular complexity index is 535. The Morgan fingerprint density at radius 1 is 1.06 bits per heavy atom. The number of aromatic hydroxyl groups is 1. The summed E-state index contributed by atoms with van der Waals surface area (Å²) >= 11 is 0. The minimum atomic E-state index is 0.225. The zero-order chi connectivity index (χ0) is 12.1. The Kier molecular flexibility index (Phi) is 3.40. The normalized spacial score (nSPS) is 10.6. The molecule has 0 fully saturated rings. The van der Waals surface area contributed by atoms with Gasteiger partial charge >= 0.3 is 0 Å². The van der Waals surface area contributed by atoms with E-state index in [1.165, 1.54) is 0 Å². The van der Waals surface area contributed by atoms with Crippen LogP contribution in [0.3, 0.4) is 0 Å². The van der Waals surface area contributed by atoms with E-state index < -0.39 is 0 Å². The lowest BCUT2D eigenvalue weighted by atomic mass is 10.2. The Morgan fingerprint density at radius 2 is 1.76 bits per heavy atom. The molecule has 0 saturated heterocycles. The molecule has 2 aromatic carbocycles. The molecule has 0 bridgehead atoms. The summed E-state index contributed by atoms with van der Waals surface area (Å²) in [6, 6.07) is 15.0. The fourth-order valence-corrected chi connectivity index (χ4v) is 1.47. The van der Waals surface area contributed by atoms with Crippen molar-refractivity contribution < 1.29 is 5.11 Å². The number of phenols is 1. The lowest BCUT2D eigenvalue weighted by Gasteiger charge is -2.03. The molecular weight excluding hydrogens is 212 g/mol. The van der Waals surface area contributed by atoms with E-state index in [0.717, 1.165) is 11.3 Å². The summed E-state index contributed by atoms with van der Waals surface area (Å²) in [5.74, 6) is 0.225. The summed E-state index contributed by atoms with van der Waals surface area (Å²) in [5, 5.41) is 13.6. The summed E-state index contributed by atoms with van der Waals surface area (Å²) in [5.41, 5.74) is 5.72. The molecule has 0 aliphatic rings. The Morgan fingerprint density at radius 3 is 2.53 bits per heavy atom. The molecule has 17 heavy (non-hydrogen) atoms. The van der Waals surface area contributed by atoms with Gasteiger partial charge in [0.1, 0.15) is 5.75 Å². The molecule has 0 aliphatic carbocycles. The quantitative estimate of drug-likeness (QED) is 0.623. The fourth-order valence-electron chi connectivity index (χ4n) is 1.47. The van der Waals surface area contributed by atoms with E-state index in [2.05, 4.69) is 10.5 Å². The second-order valence-corrected chi connectivity index (χ2v) is 3.74. The summed E-state index contributed by atoms with van der Waals surface area (Å²) in [7, 11) is 0. The molecule has 2 rings (SSSR count). The average molecular weight is 226 g/mol. The van der Waals surface area contributed by atoms with Crippen molar-refractivity contribution in [3.8, 4) is 5.75 Å². The maximum Gasteiger partial charge on any atom is 0.124 e. The number of aryl methyl sites for hydroxylation is 1. The first-order valence-corrected chi connectivity index (χ1v) is 5.40. The van der Waals surface area contributed by atoms with Crippen LogP contribution in [0.25, 0.3) is 0 Å². The van der Waals surface area contributed by atoms with Crippen molar-refractivity contribution in [2.24, 2.45) is 5.10 Å². The van der Waals surface area contributed by atoms with E-state index in [4.69, 9.17) is 0 Å². The number of hydrogen-bond donors (Lipinski definition) is 2. The van der Waals surface area contributed by atoms with Crippen LogP contribution in [0.1, 0.15) is 11.1 Å². The second kappa shape index (κ2) is 5.16. The molecule has 0 aromatic heterocycles. The number of rotatable bonds is 3. The molecule has 0 spiro atoms. The highest BCUT2D eigenvalue weighted by molar-refractivity contribution is 5.83. The van der Waals surface area contributed by atoms with Gasteiger partial charge < -0.3 is 5.11 Å². The fraction of sp³-hybridized carbons (Fsp3) is 0.0714. The Labute approximate surface area is 100 Å². The molecular formula is C14H14N2O. The Balaban J connectivity index is 2.09. The molecule has 0 radical (unpaired) electrons. The molecule has 0 amide bonds. The van der Waals surface area contributed by atoms with E-state index in [1.54, 1.807) is 24.4 Å². The minimum Gasteiger partial charge on any atom is -0.507 e. The molecule has 3 heteroatoms. The van der Waals surface area contributed by atoms with E-state index in [9.17, 15) is 5.11 Å². The van der Waals surface area contributed by atoms with Gasteiger partial charge in [0.2, 0.25) is 0 Å². The zero-order valence-corrected chi connectivity index (χ0v) is 9.59. The van der Waals surface area contributed by atoms with Crippen LogP contribution in [0.15, 0.2) is 53.6 Å². The van der Waals surface area contributed by atoms with Crippen LogP contribution in [0.4, 0.5) is 5.69 Å². The molecule has 0 atom stereocenters. The molecule has 0 unspecified atom stereocenters. The number of hydrogen-bond acceptors (Lipinski definition) is 3. The van der Waals surface area contributed by atoms with Crippen LogP contribution in [-0.2, 0) is 0 Å². The van der Waals surface area contributed by atoms with Crippen LogP contribution in [0, 0.1) is 6.92 Å². The highest BCUT2D eigenvalue weighted by Crippen LogP contribution is 2.15. The third kappa shape index (κ3) is 2.84. The molecule has 0 saturated carbocycles. The van der Waals surface area contributed by atoms with Crippen molar-refractivity contribution >= 4 is 11.9 Å². The minimum absolute atomic E-state index is 0.225. The third-order valence-corrected chi connectivity index (χ3v) is 2.47. The maximum atomic E-state index is 9.54. The van der Waals surface area contributed by atoms with Crippen LogP contribution >= 0.6 is 0 Å². The topological polar surface area (TPSA) is 44.6 Å². The van der Waals surface area contributed by atoms with Crippen LogP contribution in [0.2, 0.25) is 0 Å². The smallest absolute Gasteiger partial charge is 0.124 e. The number of hydrazone groups is 1. The van der Waals surface area contributed by atoms with E-state index >= 15 is 0 Å². The van der Waals surface area contributed by atoms with Crippen molar-refractivity contribution in [2.75, 3.05) is 5.43 Å². The number of benzene rings is 2. The first-order valence-electron chi connectivity index (χ1n) is 5.40.